The van der Waals surface area contributed by atoms with Crippen LogP contribution < -0.4 is 5.32 Å². The van der Waals surface area contributed by atoms with E-state index in [4.69, 9.17) is 0 Å². The van der Waals surface area contributed by atoms with Crippen molar-refractivity contribution < 1.29 is 4.79 Å². The molecule has 2 rings (SSSR count). The van der Waals surface area contributed by atoms with E-state index in [2.05, 4.69) is 15.3 Å². The lowest BCUT2D eigenvalue weighted by atomic mass is 10.1. The van der Waals surface area contributed by atoms with Gasteiger partial charge in [0.15, 0.2) is 5.16 Å². The summed E-state index contributed by atoms with van der Waals surface area (Å²) >= 11 is 1.52. The maximum Gasteiger partial charge on any atom is 0.189 e. The van der Waals surface area contributed by atoms with E-state index in [0.717, 1.165) is 16.5 Å². The van der Waals surface area contributed by atoms with Crippen LogP contribution in [0.4, 0.5) is 5.82 Å². The molecule has 0 aromatic carbocycles. The fraction of sp³-hybridized carbons (Fsp3) is 0.615. The van der Waals surface area contributed by atoms with Gasteiger partial charge in [-0.3, -0.25) is 4.79 Å². The molecule has 0 spiro atoms. The Balaban J connectivity index is 2.19. The number of carbonyl (C=O) groups excluding carboxylic acids is 1. The minimum absolute atomic E-state index is 0.143. The molecule has 1 aliphatic carbocycles. The van der Waals surface area contributed by atoms with Gasteiger partial charge in [0.1, 0.15) is 11.6 Å². The average Bonchev–Trinajstić information content (AvgIpc) is 2.83. The maximum atomic E-state index is 11.3. The number of thioether (sulfide) groups is 1. The number of rotatable bonds is 5. The molecule has 5 heteroatoms. The van der Waals surface area contributed by atoms with Crippen LogP contribution in [0.3, 0.4) is 0 Å². The number of hydrogen-bond acceptors (Lipinski definition) is 5. The van der Waals surface area contributed by atoms with Gasteiger partial charge in [-0.2, -0.15) is 0 Å². The van der Waals surface area contributed by atoms with Crippen LogP contribution in [-0.4, -0.2) is 28.0 Å². The lowest BCUT2D eigenvalue weighted by Crippen LogP contribution is -2.18. The summed E-state index contributed by atoms with van der Waals surface area (Å²) in [6, 6.07) is 0.500. The Bertz CT molecular complexity index is 430. The first-order valence-corrected chi connectivity index (χ1v) is 7.57. The van der Waals surface area contributed by atoms with Crippen molar-refractivity contribution in [2.75, 3.05) is 11.6 Å². The van der Waals surface area contributed by atoms with Crippen LogP contribution in [0, 0.1) is 0 Å². The van der Waals surface area contributed by atoms with Crippen molar-refractivity contribution in [2.24, 2.45) is 0 Å². The van der Waals surface area contributed by atoms with Gasteiger partial charge in [-0.05, 0) is 26.0 Å². The standard InChI is InChI=1S/C13H19N3OS/c1-9(17)7-10-8-14-13(18-2)16-12(10)15-11-5-3-4-6-11/h8,11H,3-7H2,1-2H3,(H,14,15,16). The fourth-order valence-corrected chi connectivity index (χ4v) is 2.62. The monoisotopic (exact) mass is 265 g/mol. The Hall–Kier alpha value is -1.10. The summed E-state index contributed by atoms with van der Waals surface area (Å²) in [5, 5.41) is 4.23. The van der Waals surface area contributed by atoms with Crippen molar-refractivity contribution in [1.82, 2.24) is 9.97 Å². The molecule has 4 nitrogen and oxygen atoms in total. The van der Waals surface area contributed by atoms with Gasteiger partial charge >= 0.3 is 0 Å². The summed E-state index contributed by atoms with van der Waals surface area (Å²) < 4.78 is 0. The third kappa shape index (κ3) is 3.45. The third-order valence-electron chi connectivity index (χ3n) is 3.16. The smallest absolute Gasteiger partial charge is 0.189 e. The normalized spacial score (nSPS) is 15.9. The summed E-state index contributed by atoms with van der Waals surface area (Å²) in [6.07, 6.45) is 9.08. The molecule has 18 heavy (non-hydrogen) atoms. The highest BCUT2D eigenvalue weighted by Crippen LogP contribution is 2.24. The number of anilines is 1. The zero-order valence-electron chi connectivity index (χ0n) is 10.9. The van der Waals surface area contributed by atoms with E-state index < -0.39 is 0 Å². The molecule has 0 aliphatic heterocycles. The molecule has 98 valence electrons. The summed E-state index contributed by atoms with van der Waals surface area (Å²) in [6.45, 7) is 1.60. The molecule has 1 aromatic heterocycles. The van der Waals surface area contributed by atoms with Crippen molar-refractivity contribution in [2.45, 2.75) is 50.2 Å². The quantitative estimate of drug-likeness (QED) is 0.655. The highest BCUT2D eigenvalue weighted by molar-refractivity contribution is 7.98. The van der Waals surface area contributed by atoms with Crippen molar-refractivity contribution in [3.05, 3.63) is 11.8 Å². The second-order valence-electron chi connectivity index (χ2n) is 4.74. The van der Waals surface area contributed by atoms with Crippen LogP contribution in [0.5, 0.6) is 0 Å². The molecule has 1 N–H and O–H groups in total. The molecule has 1 saturated carbocycles. The number of nitrogens with zero attached hydrogens (tertiary/aromatic N) is 2. The first kappa shape index (κ1) is 13.3. The average molecular weight is 265 g/mol. The molecule has 0 radical (unpaired) electrons. The Morgan fingerprint density at radius 1 is 1.50 bits per heavy atom. The summed E-state index contributed by atoms with van der Waals surface area (Å²) in [7, 11) is 0. The lowest BCUT2D eigenvalue weighted by molar-refractivity contribution is -0.116. The topological polar surface area (TPSA) is 54.9 Å². The predicted octanol–water partition coefficient (Wildman–Crippen LogP) is 2.68. The van der Waals surface area contributed by atoms with E-state index in [1.54, 1.807) is 13.1 Å². The van der Waals surface area contributed by atoms with E-state index in [0.29, 0.717) is 12.5 Å². The van der Waals surface area contributed by atoms with E-state index in [1.165, 1.54) is 37.4 Å². The largest absolute Gasteiger partial charge is 0.367 e. The maximum absolute atomic E-state index is 11.3. The third-order valence-corrected chi connectivity index (χ3v) is 3.72. The number of nitrogens with one attached hydrogen (secondary N) is 1. The van der Waals surface area contributed by atoms with Crippen molar-refractivity contribution in [3.8, 4) is 0 Å². The molecule has 1 aromatic rings. The Morgan fingerprint density at radius 3 is 2.83 bits per heavy atom. The summed E-state index contributed by atoms with van der Waals surface area (Å²) in [4.78, 5) is 20.0. The van der Waals surface area contributed by atoms with Gasteiger partial charge in [-0.25, -0.2) is 9.97 Å². The SMILES string of the molecule is CSc1ncc(CC(C)=O)c(NC2CCCC2)n1. The van der Waals surface area contributed by atoms with Crippen LogP contribution >= 0.6 is 11.8 Å². The molecule has 1 heterocycles. The molecule has 1 fully saturated rings. The highest BCUT2D eigenvalue weighted by Gasteiger charge is 2.17. The van der Waals surface area contributed by atoms with Crippen LogP contribution in [0.25, 0.3) is 0 Å². The minimum Gasteiger partial charge on any atom is -0.367 e. The predicted molar refractivity (Wildman–Crippen MR) is 74.1 cm³/mol. The Kier molecular flexibility index (Phi) is 4.58. The first-order chi connectivity index (χ1) is 8.69. The molecule has 0 unspecified atom stereocenters. The van der Waals surface area contributed by atoms with Crippen LogP contribution in [0.2, 0.25) is 0 Å². The van der Waals surface area contributed by atoms with Crippen molar-refractivity contribution >= 4 is 23.4 Å². The number of carbonyl (C=O) groups is 1. The fourth-order valence-electron chi connectivity index (χ4n) is 2.27. The number of Topliss-reactive ketones (excluding diaryl/α,β-unsaturated/α-hetero) is 1. The number of aromatic nitrogens is 2. The summed E-state index contributed by atoms with van der Waals surface area (Å²) in [5.74, 6) is 0.987. The molecular weight excluding hydrogens is 246 g/mol. The van der Waals surface area contributed by atoms with Gasteiger partial charge < -0.3 is 5.32 Å². The van der Waals surface area contributed by atoms with E-state index in [9.17, 15) is 4.79 Å². The van der Waals surface area contributed by atoms with Gasteiger partial charge in [0.2, 0.25) is 0 Å². The van der Waals surface area contributed by atoms with Crippen molar-refractivity contribution in [1.29, 1.82) is 0 Å². The van der Waals surface area contributed by atoms with Crippen LogP contribution in [0.1, 0.15) is 38.2 Å². The Labute approximate surface area is 112 Å². The van der Waals surface area contributed by atoms with Gasteiger partial charge in [-0.15, -0.1) is 0 Å². The second kappa shape index (κ2) is 6.18. The molecule has 0 amide bonds. The molecular formula is C13H19N3OS. The molecule has 0 saturated heterocycles. The zero-order valence-corrected chi connectivity index (χ0v) is 11.7. The molecule has 1 aliphatic rings. The van der Waals surface area contributed by atoms with Crippen LogP contribution in [0.15, 0.2) is 11.4 Å². The van der Waals surface area contributed by atoms with Crippen molar-refractivity contribution in [3.63, 3.8) is 0 Å². The van der Waals surface area contributed by atoms with Gasteiger partial charge in [0.05, 0.1) is 0 Å². The minimum atomic E-state index is 0.143. The molecule has 0 atom stereocenters. The zero-order chi connectivity index (χ0) is 13.0. The van der Waals surface area contributed by atoms with Gasteiger partial charge in [0, 0.05) is 24.2 Å². The lowest BCUT2D eigenvalue weighted by Gasteiger charge is -2.15. The first-order valence-electron chi connectivity index (χ1n) is 6.35. The number of hydrogen-bond donors (Lipinski definition) is 1. The highest BCUT2D eigenvalue weighted by atomic mass is 32.2. The van der Waals surface area contributed by atoms with E-state index in [-0.39, 0.29) is 5.78 Å². The van der Waals surface area contributed by atoms with Gasteiger partial charge in [0.25, 0.3) is 0 Å². The van der Waals surface area contributed by atoms with Gasteiger partial charge in [-0.1, -0.05) is 24.6 Å². The molecule has 0 bridgehead atoms. The number of ketones is 1. The Morgan fingerprint density at radius 2 is 2.22 bits per heavy atom. The van der Waals surface area contributed by atoms with E-state index >= 15 is 0 Å². The summed E-state index contributed by atoms with van der Waals surface area (Å²) in [5.41, 5.74) is 0.909. The van der Waals surface area contributed by atoms with Crippen LogP contribution in [-0.2, 0) is 11.2 Å². The second-order valence-corrected chi connectivity index (χ2v) is 5.51. The van der Waals surface area contributed by atoms with E-state index in [1.807, 2.05) is 6.26 Å².